The van der Waals surface area contributed by atoms with Crippen molar-refractivity contribution in [2.45, 2.75) is 463 Å². The highest BCUT2D eigenvalue weighted by atomic mass is 31.2. The van der Waals surface area contributed by atoms with Gasteiger partial charge in [-0.15, -0.1) is 0 Å². The van der Waals surface area contributed by atoms with Crippen molar-refractivity contribution in [3.8, 4) is 0 Å². The van der Waals surface area contributed by atoms with Gasteiger partial charge in [-0.2, -0.15) is 0 Å². The number of quaternary nitrogens is 1. The van der Waals surface area contributed by atoms with E-state index in [1.165, 1.54) is 392 Å². The maximum absolute atomic E-state index is 13.1. The highest BCUT2D eigenvalue weighted by Crippen LogP contribution is 2.43. The number of carbonyl (C=O) groups excluding carboxylic acids is 1. The van der Waals surface area contributed by atoms with Crippen LogP contribution in [0.25, 0.3) is 0 Å². The smallest absolute Gasteiger partial charge is 0.387 e. The molecular formula is C83H166N2O6P+. The zero-order valence-electron chi connectivity index (χ0n) is 63.1. The first-order chi connectivity index (χ1) is 45.0. The Bertz CT molecular complexity index is 1550. The summed E-state index contributed by atoms with van der Waals surface area (Å²) in [7, 11) is 1.58. The van der Waals surface area contributed by atoms with E-state index in [0.29, 0.717) is 17.4 Å². The topological polar surface area (TPSA) is 105 Å². The number of hydrogen-bond acceptors (Lipinski definition) is 5. The third-order valence-electron chi connectivity index (χ3n) is 19.7. The molecule has 0 spiro atoms. The second-order valence-corrected chi connectivity index (χ2v) is 31.7. The lowest BCUT2D eigenvalue weighted by atomic mass is 10.0. The van der Waals surface area contributed by atoms with Crippen LogP contribution < -0.4 is 5.32 Å². The normalized spacial score (nSPS) is 13.5. The third-order valence-corrected chi connectivity index (χ3v) is 20.7. The Hall–Kier alpha value is -1.02. The summed E-state index contributed by atoms with van der Waals surface area (Å²) < 4.78 is 23.9. The van der Waals surface area contributed by atoms with E-state index in [-0.39, 0.29) is 19.1 Å². The van der Waals surface area contributed by atoms with Gasteiger partial charge in [-0.05, 0) is 32.1 Å². The number of carbonyl (C=O) groups is 1. The second kappa shape index (κ2) is 74.2. The number of phosphoric acid groups is 1. The van der Waals surface area contributed by atoms with Gasteiger partial charge in [0.25, 0.3) is 0 Å². The number of amides is 1. The van der Waals surface area contributed by atoms with Crippen LogP contribution in [0, 0.1) is 0 Å². The Balaban J connectivity index is 3.91. The number of likely N-dealkylation sites (N-methyl/N-ethyl adjacent to an activating group) is 1. The minimum atomic E-state index is -4.36. The van der Waals surface area contributed by atoms with E-state index < -0.39 is 20.0 Å². The van der Waals surface area contributed by atoms with E-state index in [9.17, 15) is 19.4 Å². The third kappa shape index (κ3) is 76.3. The van der Waals surface area contributed by atoms with Crippen molar-refractivity contribution in [3.63, 3.8) is 0 Å². The molecular weight excluding hydrogens is 1150 g/mol. The molecule has 0 fully saturated rings. The number of aliphatic hydroxyl groups is 1. The van der Waals surface area contributed by atoms with Gasteiger partial charge in [-0.1, -0.05) is 436 Å². The predicted octanol–water partition coefficient (Wildman–Crippen LogP) is 27.4. The molecule has 3 unspecified atom stereocenters. The monoisotopic (exact) mass is 1320 g/mol. The van der Waals surface area contributed by atoms with Crippen LogP contribution in [0.5, 0.6) is 0 Å². The Morgan fingerprint density at radius 1 is 0.359 bits per heavy atom. The summed E-state index contributed by atoms with van der Waals surface area (Å²) >= 11 is 0. The van der Waals surface area contributed by atoms with Crippen molar-refractivity contribution in [2.75, 3.05) is 40.9 Å². The van der Waals surface area contributed by atoms with Gasteiger partial charge in [-0.25, -0.2) is 4.57 Å². The Morgan fingerprint density at radius 2 is 0.598 bits per heavy atom. The zero-order chi connectivity index (χ0) is 66.9. The standard InChI is InChI=1S/C83H165N2O6P/c1-6-8-10-12-14-16-18-20-22-24-26-28-30-32-34-36-38-39-40-41-42-43-44-45-46-47-49-51-53-55-57-59-61-63-65-67-69-71-73-75-77-83(87)84-81(80-91-92(88,89)90-79-78-85(3,4)5)82(86)76-74-72-70-68-66-64-62-60-58-56-54-52-50-48-37-35-33-31-29-27-25-23-21-19-17-15-13-11-9-7-2/h66,68,74,76,81-82,86H,6-65,67,69-73,75,77-80H2,1-5H3,(H-,84,87,88,89)/p+1/b68-66+,76-74+. The molecule has 0 aliphatic carbocycles. The predicted molar refractivity (Wildman–Crippen MR) is 406 cm³/mol. The number of unbranched alkanes of at least 4 members (excludes halogenated alkanes) is 64. The number of rotatable bonds is 79. The summed E-state index contributed by atoms with van der Waals surface area (Å²) in [5, 5.41) is 14.0. The number of nitrogens with zero attached hydrogens (tertiary/aromatic N) is 1. The molecule has 0 bridgehead atoms. The molecule has 0 aromatic heterocycles. The minimum absolute atomic E-state index is 0.0593. The van der Waals surface area contributed by atoms with Gasteiger partial charge in [0.05, 0.1) is 39.9 Å². The molecule has 0 radical (unpaired) electrons. The van der Waals surface area contributed by atoms with Crippen LogP contribution in [0.4, 0.5) is 0 Å². The lowest BCUT2D eigenvalue weighted by Gasteiger charge is -2.25. The van der Waals surface area contributed by atoms with E-state index in [0.717, 1.165) is 38.5 Å². The highest BCUT2D eigenvalue weighted by Gasteiger charge is 2.28. The second-order valence-electron chi connectivity index (χ2n) is 30.2. The molecule has 0 aromatic rings. The fraction of sp³-hybridized carbons (Fsp3) is 0.940. The Morgan fingerprint density at radius 3 is 0.870 bits per heavy atom. The van der Waals surface area contributed by atoms with E-state index in [2.05, 4.69) is 31.3 Å². The molecule has 3 atom stereocenters. The fourth-order valence-electron chi connectivity index (χ4n) is 13.2. The number of phosphoric ester groups is 1. The molecule has 548 valence electrons. The van der Waals surface area contributed by atoms with Crippen LogP contribution in [0.1, 0.15) is 450 Å². The number of hydrogen-bond donors (Lipinski definition) is 3. The van der Waals surface area contributed by atoms with Crippen molar-refractivity contribution in [2.24, 2.45) is 0 Å². The molecule has 0 aliphatic heterocycles. The van der Waals surface area contributed by atoms with Crippen LogP contribution in [0.2, 0.25) is 0 Å². The molecule has 0 saturated heterocycles. The van der Waals surface area contributed by atoms with E-state index in [4.69, 9.17) is 9.05 Å². The molecule has 0 saturated carbocycles. The Kier molecular flexibility index (Phi) is 73.4. The molecule has 8 nitrogen and oxygen atoms in total. The molecule has 0 aromatic carbocycles. The maximum atomic E-state index is 13.1. The van der Waals surface area contributed by atoms with Crippen LogP contribution in [0.3, 0.4) is 0 Å². The van der Waals surface area contributed by atoms with E-state index in [1.54, 1.807) is 6.08 Å². The fourth-order valence-corrected chi connectivity index (χ4v) is 14.0. The van der Waals surface area contributed by atoms with Gasteiger partial charge in [-0.3, -0.25) is 13.8 Å². The molecule has 9 heteroatoms. The number of allylic oxidation sites excluding steroid dienone is 3. The molecule has 1 amide bonds. The molecule has 0 aliphatic rings. The summed E-state index contributed by atoms with van der Waals surface area (Å²) in [5.41, 5.74) is 0. The first-order valence-electron chi connectivity index (χ1n) is 41.7. The molecule has 0 rings (SSSR count). The van der Waals surface area contributed by atoms with Gasteiger partial charge in [0.1, 0.15) is 13.2 Å². The number of nitrogens with one attached hydrogen (secondary N) is 1. The van der Waals surface area contributed by atoms with Crippen LogP contribution in [-0.4, -0.2) is 73.4 Å². The average molecular weight is 1320 g/mol. The molecule has 3 N–H and O–H groups in total. The summed E-state index contributed by atoms with van der Waals surface area (Å²) in [6, 6.07) is -0.863. The molecule has 0 heterocycles. The van der Waals surface area contributed by atoms with Crippen LogP contribution in [0.15, 0.2) is 24.3 Å². The quantitative estimate of drug-likeness (QED) is 0.0243. The van der Waals surface area contributed by atoms with Gasteiger partial charge in [0.15, 0.2) is 0 Å². The van der Waals surface area contributed by atoms with Crippen molar-refractivity contribution < 1.29 is 32.9 Å². The van der Waals surface area contributed by atoms with Crippen molar-refractivity contribution >= 4 is 13.7 Å². The van der Waals surface area contributed by atoms with Gasteiger partial charge < -0.3 is 19.8 Å². The lowest BCUT2D eigenvalue weighted by Crippen LogP contribution is -2.45. The maximum Gasteiger partial charge on any atom is 0.472 e. The minimum Gasteiger partial charge on any atom is -0.387 e. The van der Waals surface area contributed by atoms with Gasteiger partial charge in [0, 0.05) is 6.42 Å². The largest absolute Gasteiger partial charge is 0.472 e. The van der Waals surface area contributed by atoms with Gasteiger partial charge >= 0.3 is 7.82 Å². The summed E-state index contributed by atoms with van der Waals surface area (Å²) in [5.74, 6) is -0.176. The molecule has 92 heavy (non-hydrogen) atoms. The van der Waals surface area contributed by atoms with Crippen molar-refractivity contribution in [1.82, 2.24) is 5.32 Å². The number of aliphatic hydroxyl groups excluding tert-OH is 1. The summed E-state index contributed by atoms with van der Waals surface area (Å²) in [6.45, 7) is 4.88. The zero-order valence-corrected chi connectivity index (χ0v) is 64.0. The van der Waals surface area contributed by atoms with Crippen LogP contribution in [-0.2, 0) is 18.4 Å². The lowest BCUT2D eigenvalue weighted by molar-refractivity contribution is -0.870. The average Bonchev–Trinajstić information content (AvgIpc) is 3.24. The first kappa shape index (κ1) is 91.0. The first-order valence-corrected chi connectivity index (χ1v) is 43.2. The van der Waals surface area contributed by atoms with E-state index >= 15 is 0 Å². The van der Waals surface area contributed by atoms with Gasteiger partial charge in [0.2, 0.25) is 5.91 Å². The highest BCUT2D eigenvalue weighted by molar-refractivity contribution is 7.47. The summed E-state index contributed by atoms with van der Waals surface area (Å²) in [4.78, 5) is 23.5. The Labute approximate surface area is 576 Å². The van der Waals surface area contributed by atoms with Crippen LogP contribution >= 0.6 is 7.82 Å². The van der Waals surface area contributed by atoms with Crippen molar-refractivity contribution in [1.29, 1.82) is 0 Å². The van der Waals surface area contributed by atoms with Crippen molar-refractivity contribution in [3.05, 3.63) is 24.3 Å². The van der Waals surface area contributed by atoms with E-state index in [1.807, 2.05) is 27.2 Å². The SMILES string of the molecule is CCCCCCCCCCCCCCCCCCCCCCCCCC/C=C/CC/C=C/C(O)C(COP(=O)(O)OCC[N+](C)(C)C)NC(=O)CCCCCCCCCCCCCCCCCCCCCCCCCCCCCCCCCCCCCCCCCC. The summed E-state index contributed by atoms with van der Waals surface area (Å²) in [6.07, 6.45) is 99.8.